The number of benzene rings is 1. The van der Waals surface area contributed by atoms with Crippen LogP contribution in [0, 0.1) is 0 Å². The average molecular weight is 399 g/mol. The summed E-state index contributed by atoms with van der Waals surface area (Å²) in [6.45, 7) is 0.198. The summed E-state index contributed by atoms with van der Waals surface area (Å²) < 4.78 is 51.3. The molecule has 2 aromatic rings. The van der Waals surface area contributed by atoms with Crippen LogP contribution in [0.25, 0.3) is 0 Å². The van der Waals surface area contributed by atoms with Crippen molar-refractivity contribution < 1.29 is 32.2 Å². The molecule has 0 bridgehead atoms. The van der Waals surface area contributed by atoms with Crippen molar-refractivity contribution in [3.63, 3.8) is 0 Å². The van der Waals surface area contributed by atoms with Gasteiger partial charge in [0.2, 0.25) is 11.8 Å². The maximum Gasteiger partial charge on any atom is 0.422 e. The first-order valence-corrected chi connectivity index (χ1v) is 8.17. The SMILES string of the molecule is COc1ccc(OC)c(NC(=O)C(C)Nc2ccc(OCC(F)(F)F)nc2)c1. The van der Waals surface area contributed by atoms with Crippen molar-refractivity contribution in [1.29, 1.82) is 0 Å². The lowest BCUT2D eigenvalue weighted by molar-refractivity contribution is -0.154. The van der Waals surface area contributed by atoms with E-state index in [1.807, 2.05) is 0 Å². The fraction of sp³-hybridized carbons (Fsp3) is 0.333. The molecule has 1 heterocycles. The van der Waals surface area contributed by atoms with Gasteiger partial charge in [-0.15, -0.1) is 0 Å². The Bertz CT molecular complexity index is 798. The summed E-state index contributed by atoms with van der Waals surface area (Å²) in [7, 11) is 2.99. The summed E-state index contributed by atoms with van der Waals surface area (Å²) >= 11 is 0. The molecule has 0 aliphatic heterocycles. The summed E-state index contributed by atoms with van der Waals surface area (Å²) in [6.07, 6.45) is -3.16. The van der Waals surface area contributed by atoms with Crippen LogP contribution >= 0.6 is 0 Å². The maximum atomic E-state index is 12.4. The van der Waals surface area contributed by atoms with Crippen LogP contribution in [0.3, 0.4) is 0 Å². The van der Waals surface area contributed by atoms with E-state index >= 15 is 0 Å². The summed E-state index contributed by atoms with van der Waals surface area (Å²) in [5.41, 5.74) is 0.883. The van der Waals surface area contributed by atoms with Crippen molar-refractivity contribution in [3.05, 3.63) is 36.5 Å². The largest absolute Gasteiger partial charge is 0.497 e. The molecule has 152 valence electrons. The lowest BCUT2D eigenvalue weighted by atomic mass is 10.2. The molecule has 1 aromatic heterocycles. The van der Waals surface area contributed by atoms with Crippen LogP contribution in [-0.2, 0) is 4.79 Å². The summed E-state index contributed by atoms with van der Waals surface area (Å²) in [6, 6.07) is 7.07. The molecule has 0 fully saturated rings. The van der Waals surface area contributed by atoms with E-state index in [0.717, 1.165) is 0 Å². The first-order valence-electron chi connectivity index (χ1n) is 8.17. The number of carbonyl (C=O) groups excluding carboxylic acids is 1. The van der Waals surface area contributed by atoms with E-state index < -0.39 is 18.8 Å². The Morgan fingerprint density at radius 2 is 1.93 bits per heavy atom. The molecule has 1 unspecified atom stereocenters. The van der Waals surface area contributed by atoms with Gasteiger partial charge in [-0.25, -0.2) is 4.98 Å². The van der Waals surface area contributed by atoms with Gasteiger partial charge in [-0.3, -0.25) is 4.79 Å². The maximum absolute atomic E-state index is 12.4. The minimum Gasteiger partial charge on any atom is -0.497 e. The zero-order valence-corrected chi connectivity index (χ0v) is 15.5. The zero-order valence-electron chi connectivity index (χ0n) is 15.5. The number of carbonyl (C=O) groups is 1. The Balaban J connectivity index is 1.97. The molecule has 0 radical (unpaired) electrons. The minimum absolute atomic E-state index is 0.166. The molecular formula is C18H20F3N3O4. The van der Waals surface area contributed by atoms with E-state index in [1.54, 1.807) is 25.1 Å². The van der Waals surface area contributed by atoms with Gasteiger partial charge in [-0.05, 0) is 25.1 Å². The van der Waals surface area contributed by atoms with Crippen molar-refractivity contribution >= 4 is 17.3 Å². The van der Waals surface area contributed by atoms with Crippen molar-refractivity contribution in [2.45, 2.75) is 19.1 Å². The molecule has 28 heavy (non-hydrogen) atoms. The molecule has 2 N–H and O–H groups in total. The van der Waals surface area contributed by atoms with Crippen molar-refractivity contribution in [1.82, 2.24) is 4.98 Å². The van der Waals surface area contributed by atoms with E-state index in [2.05, 4.69) is 20.4 Å². The number of pyridine rings is 1. The van der Waals surface area contributed by atoms with Crippen molar-refractivity contribution in [2.75, 3.05) is 31.5 Å². The van der Waals surface area contributed by atoms with Gasteiger partial charge in [0.15, 0.2) is 6.61 Å². The highest BCUT2D eigenvalue weighted by atomic mass is 19.4. The molecule has 0 saturated heterocycles. The Morgan fingerprint density at radius 1 is 1.18 bits per heavy atom. The highest BCUT2D eigenvalue weighted by Crippen LogP contribution is 2.29. The Kier molecular flexibility index (Phi) is 6.91. The topological polar surface area (TPSA) is 81.7 Å². The van der Waals surface area contributed by atoms with E-state index in [0.29, 0.717) is 22.9 Å². The fourth-order valence-corrected chi connectivity index (χ4v) is 2.18. The predicted molar refractivity (Wildman–Crippen MR) is 97.0 cm³/mol. The van der Waals surface area contributed by atoms with Gasteiger partial charge in [0.1, 0.15) is 17.5 Å². The van der Waals surface area contributed by atoms with Gasteiger partial charge in [-0.1, -0.05) is 0 Å². The standard InChI is InChI=1S/C18H20F3N3O4/c1-11(17(25)24-14-8-13(26-2)5-6-15(14)27-3)23-12-4-7-16(22-9-12)28-10-18(19,20)21/h4-9,11,23H,10H2,1-3H3,(H,24,25). The monoisotopic (exact) mass is 399 g/mol. The van der Waals surface area contributed by atoms with Crippen LogP contribution in [-0.4, -0.2) is 43.9 Å². The number of alkyl halides is 3. The van der Waals surface area contributed by atoms with E-state index in [4.69, 9.17) is 9.47 Å². The molecule has 0 aliphatic carbocycles. The molecule has 1 atom stereocenters. The molecule has 0 aliphatic rings. The normalized spacial score (nSPS) is 12.1. The number of hydrogen-bond donors (Lipinski definition) is 2. The number of anilines is 2. The van der Waals surface area contributed by atoms with Crippen LogP contribution < -0.4 is 24.8 Å². The molecule has 7 nitrogen and oxygen atoms in total. The molecule has 1 amide bonds. The molecule has 1 aromatic carbocycles. The third kappa shape index (κ3) is 6.22. The van der Waals surface area contributed by atoms with Crippen LogP contribution in [0.15, 0.2) is 36.5 Å². The first-order chi connectivity index (χ1) is 13.2. The molecular weight excluding hydrogens is 379 g/mol. The number of nitrogens with one attached hydrogen (secondary N) is 2. The van der Waals surface area contributed by atoms with Crippen molar-refractivity contribution in [2.24, 2.45) is 0 Å². The Morgan fingerprint density at radius 3 is 2.50 bits per heavy atom. The quantitative estimate of drug-likeness (QED) is 0.707. The van der Waals surface area contributed by atoms with Crippen LogP contribution in [0.4, 0.5) is 24.5 Å². The minimum atomic E-state index is -4.44. The number of nitrogens with zero attached hydrogens (tertiary/aromatic N) is 1. The lowest BCUT2D eigenvalue weighted by Crippen LogP contribution is -2.32. The van der Waals surface area contributed by atoms with Gasteiger partial charge in [0.25, 0.3) is 0 Å². The average Bonchev–Trinajstić information content (AvgIpc) is 2.66. The first kappa shape index (κ1) is 21.1. The van der Waals surface area contributed by atoms with Gasteiger partial charge in [-0.2, -0.15) is 13.2 Å². The number of methoxy groups -OCH3 is 2. The fourth-order valence-electron chi connectivity index (χ4n) is 2.18. The summed E-state index contributed by atoms with van der Waals surface area (Å²) in [5, 5.41) is 5.63. The highest BCUT2D eigenvalue weighted by Gasteiger charge is 2.28. The van der Waals surface area contributed by atoms with Gasteiger partial charge in [0, 0.05) is 12.1 Å². The second kappa shape index (κ2) is 9.16. The van der Waals surface area contributed by atoms with E-state index in [-0.39, 0.29) is 11.8 Å². The highest BCUT2D eigenvalue weighted by molar-refractivity contribution is 5.97. The van der Waals surface area contributed by atoms with E-state index in [9.17, 15) is 18.0 Å². The van der Waals surface area contributed by atoms with E-state index in [1.165, 1.54) is 32.5 Å². The van der Waals surface area contributed by atoms with Gasteiger partial charge < -0.3 is 24.8 Å². The van der Waals surface area contributed by atoms with Gasteiger partial charge >= 0.3 is 6.18 Å². The molecule has 0 saturated carbocycles. The smallest absolute Gasteiger partial charge is 0.422 e. The van der Waals surface area contributed by atoms with Crippen molar-refractivity contribution in [3.8, 4) is 17.4 Å². The number of rotatable bonds is 8. The third-order valence-electron chi connectivity index (χ3n) is 3.56. The number of aromatic nitrogens is 1. The number of hydrogen-bond acceptors (Lipinski definition) is 6. The lowest BCUT2D eigenvalue weighted by Gasteiger charge is -2.17. The predicted octanol–water partition coefficient (Wildman–Crippen LogP) is 3.48. The Labute approximate surface area is 159 Å². The Hall–Kier alpha value is -3.17. The second-order valence-electron chi connectivity index (χ2n) is 5.71. The molecule has 0 spiro atoms. The van der Waals surface area contributed by atoms with Gasteiger partial charge in [0.05, 0.1) is 31.8 Å². The number of ether oxygens (including phenoxy) is 3. The van der Waals surface area contributed by atoms with Crippen LogP contribution in [0.1, 0.15) is 6.92 Å². The molecule has 2 rings (SSSR count). The summed E-state index contributed by atoms with van der Waals surface area (Å²) in [4.78, 5) is 16.2. The zero-order chi connectivity index (χ0) is 20.7. The van der Waals surface area contributed by atoms with Crippen LogP contribution in [0.5, 0.6) is 17.4 Å². The number of halogens is 3. The third-order valence-corrected chi connectivity index (χ3v) is 3.56. The second-order valence-corrected chi connectivity index (χ2v) is 5.71. The molecule has 10 heteroatoms. The van der Waals surface area contributed by atoms with Crippen LogP contribution in [0.2, 0.25) is 0 Å². The number of amides is 1. The summed E-state index contributed by atoms with van der Waals surface area (Å²) in [5.74, 6) is 0.495.